The Balaban J connectivity index is 1.58. The van der Waals surface area contributed by atoms with Crippen molar-refractivity contribution in [3.63, 3.8) is 0 Å². The minimum absolute atomic E-state index is 0.0266. The lowest BCUT2D eigenvalue weighted by Crippen LogP contribution is -2.29. The van der Waals surface area contributed by atoms with E-state index in [1.54, 1.807) is 28.4 Å². The fourth-order valence-corrected chi connectivity index (χ4v) is 4.95. The molecule has 0 saturated carbocycles. The Morgan fingerprint density at radius 3 is 2.77 bits per heavy atom. The zero-order valence-electron chi connectivity index (χ0n) is 17.4. The maximum Gasteiger partial charge on any atom is 0.261 e. The molecule has 0 spiro atoms. The summed E-state index contributed by atoms with van der Waals surface area (Å²) >= 11 is 1.35. The molecule has 0 radical (unpaired) electrons. The number of carbonyl (C=O) groups excluding carboxylic acids is 2. The molecule has 3 aromatic heterocycles. The fourth-order valence-electron chi connectivity index (χ4n) is 3.80. The number of aliphatic hydroxyl groups excluding tert-OH is 1. The van der Waals surface area contributed by atoms with Gasteiger partial charge in [0.15, 0.2) is 0 Å². The number of hydrogen-bond acceptors (Lipinski definition) is 8. The van der Waals surface area contributed by atoms with E-state index >= 15 is 0 Å². The van der Waals surface area contributed by atoms with Gasteiger partial charge >= 0.3 is 0 Å². The van der Waals surface area contributed by atoms with Gasteiger partial charge in [0.25, 0.3) is 11.8 Å². The highest BCUT2D eigenvalue weighted by Crippen LogP contribution is 2.39. The topological polar surface area (TPSA) is 112 Å². The van der Waals surface area contributed by atoms with Crippen molar-refractivity contribution in [1.82, 2.24) is 25.2 Å². The Bertz CT molecular complexity index is 1100. The molecule has 2 amide bonds. The lowest BCUT2D eigenvalue weighted by molar-refractivity contribution is 0.0790. The van der Waals surface area contributed by atoms with Gasteiger partial charge in [0.1, 0.15) is 4.83 Å². The van der Waals surface area contributed by atoms with E-state index in [4.69, 9.17) is 5.11 Å². The molecule has 10 heteroatoms. The van der Waals surface area contributed by atoms with Crippen LogP contribution >= 0.6 is 11.3 Å². The Morgan fingerprint density at radius 1 is 1.29 bits per heavy atom. The number of hydrogen-bond donors (Lipinski definition) is 2. The molecular formula is C21H24N6O3S. The number of pyridine rings is 1. The second-order valence-corrected chi connectivity index (χ2v) is 8.58. The summed E-state index contributed by atoms with van der Waals surface area (Å²) in [5.41, 5.74) is 1.38. The first-order chi connectivity index (χ1) is 15.0. The number of carbonyl (C=O) groups is 2. The summed E-state index contributed by atoms with van der Waals surface area (Å²) in [5, 5.41) is 12.7. The van der Waals surface area contributed by atoms with Crippen LogP contribution in [0.3, 0.4) is 0 Å². The van der Waals surface area contributed by atoms with Gasteiger partial charge in [-0.25, -0.2) is 15.0 Å². The molecule has 1 unspecified atom stereocenters. The first-order valence-electron chi connectivity index (χ1n) is 10.0. The van der Waals surface area contributed by atoms with Gasteiger partial charge in [-0.2, -0.15) is 0 Å². The minimum atomic E-state index is -0.218. The molecule has 0 aliphatic carbocycles. The van der Waals surface area contributed by atoms with Gasteiger partial charge in [0, 0.05) is 63.6 Å². The highest BCUT2D eigenvalue weighted by molar-refractivity contribution is 7.20. The van der Waals surface area contributed by atoms with Crippen molar-refractivity contribution in [2.45, 2.75) is 12.3 Å². The third-order valence-electron chi connectivity index (χ3n) is 5.28. The average molecular weight is 441 g/mol. The molecule has 1 fully saturated rings. The van der Waals surface area contributed by atoms with Crippen LogP contribution in [0.1, 0.15) is 37.9 Å². The normalized spacial score (nSPS) is 16.0. The molecule has 4 heterocycles. The first-order valence-corrected chi connectivity index (χ1v) is 10.9. The Hall–Kier alpha value is -3.11. The molecule has 4 rings (SSSR count). The number of rotatable bonds is 6. The van der Waals surface area contributed by atoms with Gasteiger partial charge in [-0.1, -0.05) is 6.07 Å². The molecule has 1 aliphatic rings. The van der Waals surface area contributed by atoms with Crippen molar-refractivity contribution in [2.75, 3.05) is 45.2 Å². The van der Waals surface area contributed by atoms with Gasteiger partial charge in [-0.15, -0.1) is 11.3 Å². The number of anilines is 1. The summed E-state index contributed by atoms with van der Waals surface area (Å²) in [6.07, 6.45) is 5.56. The van der Waals surface area contributed by atoms with Crippen LogP contribution in [-0.2, 0) is 0 Å². The zero-order chi connectivity index (χ0) is 22.0. The number of amides is 2. The summed E-state index contributed by atoms with van der Waals surface area (Å²) in [7, 11) is 3.69. The van der Waals surface area contributed by atoms with Gasteiger partial charge in [0.05, 0.1) is 17.0 Å². The predicted molar refractivity (Wildman–Crippen MR) is 119 cm³/mol. The van der Waals surface area contributed by atoms with Crippen LogP contribution in [0.2, 0.25) is 0 Å². The van der Waals surface area contributed by atoms with Gasteiger partial charge in [-0.3, -0.25) is 9.59 Å². The molecule has 31 heavy (non-hydrogen) atoms. The summed E-state index contributed by atoms with van der Waals surface area (Å²) in [4.78, 5) is 43.5. The van der Waals surface area contributed by atoms with Crippen molar-refractivity contribution in [2.24, 2.45) is 0 Å². The first kappa shape index (κ1) is 21.1. The van der Waals surface area contributed by atoms with E-state index in [0.717, 1.165) is 22.2 Å². The lowest BCUT2D eigenvalue weighted by Gasteiger charge is -2.17. The SMILES string of the molecule is CN(C)c1ncc(C(=O)N2CCC(c3c(C(=O)NCCO)sc4ncccc34)C2)cn1. The molecule has 2 N–H and O–H groups in total. The number of thiophene rings is 1. The van der Waals surface area contributed by atoms with Gasteiger partial charge < -0.3 is 20.2 Å². The molecule has 1 saturated heterocycles. The van der Waals surface area contributed by atoms with Gasteiger partial charge in [-0.05, 0) is 18.1 Å². The molecule has 1 aliphatic heterocycles. The van der Waals surface area contributed by atoms with Crippen LogP contribution in [0.4, 0.5) is 5.95 Å². The summed E-state index contributed by atoms with van der Waals surface area (Å²) < 4.78 is 0. The minimum Gasteiger partial charge on any atom is -0.395 e. The third kappa shape index (κ3) is 4.21. The highest BCUT2D eigenvalue weighted by Gasteiger charge is 2.33. The molecule has 3 aromatic rings. The quantitative estimate of drug-likeness (QED) is 0.597. The Kier molecular flexibility index (Phi) is 6.10. The van der Waals surface area contributed by atoms with E-state index in [1.807, 2.05) is 26.2 Å². The second kappa shape index (κ2) is 8.94. The number of likely N-dealkylation sites (tertiary alicyclic amines) is 1. The maximum absolute atomic E-state index is 13.0. The van der Waals surface area contributed by atoms with Crippen molar-refractivity contribution < 1.29 is 14.7 Å². The van der Waals surface area contributed by atoms with Crippen molar-refractivity contribution in [1.29, 1.82) is 0 Å². The summed E-state index contributed by atoms with van der Waals surface area (Å²) in [5.74, 6) is 0.242. The molecule has 0 aromatic carbocycles. The van der Waals surface area contributed by atoms with Crippen LogP contribution in [0.25, 0.3) is 10.2 Å². The lowest BCUT2D eigenvalue weighted by atomic mass is 9.95. The van der Waals surface area contributed by atoms with E-state index in [0.29, 0.717) is 29.5 Å². The van der Waals surface area contributed by atoms with Crippen molar-refractivity contribution >= 4 is 39.3 Å². The van der Waals surface area contributed by atoms with Crippen LogP contribution in [-0.4, -0.2) is 77.1 Å². The molecule has 162 valence electrons. The number of aromatic nitrogens is 3. The zero-order valence-corrected chi connectivity index (χ0v) is 18.2. The maximum atomic E-state index is 13.0. The molecule has 0 bridgehead atoms. The van der Waals surface area contributed by atoms with E-state index in [2.05, 4.69) is 20.3 Å². The van der Waals surface area contributed by atoms with Crippen LogP contribution < -0.4 is 10.2 Å². The van der Waals surface area contributed by atoms with Crippen molar-refractivity contribution in [3.05, 3.63) is 46.7 Å². The fraction of sp³-hybridized carbons (Fsp3) is 0.381. The van der Waals surface area contributed by atoms with E-state index in [-0.39, 0.29) is 30.9 Å². The largest absolute Gasteiger partial charge is 0.395 e. The van der Waals surface area contributed by atoms with E-state index in [9.17, 15) is 9.59 Å². The summed E-state index contributed by atoms with van der Waals surface area (Å²) in [6.45, 7) is 1.17. The number of nitrogens with zero attached hydrogens (tertiary/aromatic N) is 5. The predicted octanol–water partition coefficient (Wildman–Crippen LogP) is 1.50. The number of fused-ring (bicyclic) bond motifs is 1. The standard InChI is InChI=1S/C21H24N6O3S/c1-26(2)21-24-10-14(11-25-21)20(30)27-8-5-13(12-27)16-15-4-3-6-23-19(15)31-17(16)18(29)22-7-9-28/h3-4,6,10-11,13,28H,5,7-9,12H2,1-2H3,(H,22,29). The second-order valence-electron chi connectivity index (χ2n) is 7.58. The Morgan fingerprint density at radius 2 is 2.06 bits per heavy atom. The average Bonchev–Trinajstić information content (AvgIpc) is 3.41. The monoisotopic (exact) mass is 440 g/mol. The number of nitrogens with one attached hydrogen (secondary N) is 1. The van der Waals surface area contributed by atoms with Gasteiger partial charge in [0.2, 0.25) is 5.95 Å². The number of aliphatic hydroxyl groups is 1. The Labute approximate surface area is 183 Å². The van der Waals surface area contributed by atoms with E-state index < -0.39 is 0 Å². The third-order valence-corrected chi connectivity index (χ3v) is 6.41. The van der Waals surface area contributed by atoms with E-state index in [1.165, 1.54) is 11.3 Å². The molecular weight excluding hydrogens is 416 g/mol. The van der Waals surface area contributed by atoms with Crippen LogP contribution in [0, 0.1) is 0 Å². The smallest absolute Gasteiger partial charge is 0.261 e. The van der Waals surface area contributed by atoms with Crippen LogP contribution in [0.15, 0.2) is 30.7 Å². The summed E-state index contributed by atoms with van der Waals surface area (Å²) in [6, 6.07) is 3.82. The molecule has 9 nitrogen and oxygen atoms in total. The van der Waals surface area contributed by atoms with Crippen molar-refractivity contribution in [3.8, 4) is 0 Å². The highest BCUT2D eigenvalue weighted by atomic mass is 32.1. The molecule has 1 atom stereocenters. The van der Waals surface area contributed by atoms with Crippen LogP contribution in [0.5, 0.6) is 0 Å².